The second-order valence-corrected chi connectivity index (χ2v) is 12.3. The number of hydrogen-bond donors (Lipinski definition) is 2. The second kappa shape index (κ2) is 12.6. The maximum Gasteiger partial charge on any atom is 0.234 e. The molecule has 0 spiro atoms. The minimum absolute atomic E-state index is 0.0107. The van der Waals surface area contributed by atoms with Gasteiger partial charge in [0, 0.05) is 11.4 Å². The Hall–Kier alpha value is -4.12. The van der Waals surface area contributed by atoms with Crippen LogP contribution in [0.2, 0.25) is 5.02 Å². The molecule has 41 heavy (non-hydrogen) atoms. The van der Waals surface area contributed by atoms with Crippen LogP contribution in [0.3, 0.4) is 0 Å². The Morgan fingerprint density at radius 1 is 0.878 bits per heavy atom. The summed E-state index contributed by atoms with van der Waals surface area (Å²) < 4.78 is 29.0. The van der Waals surface area contributed by atoms with Crippen LogP contribution in [0.15, 0.2) is 118 Å². The van der Waals surface area contributed by atoms with Gasteiger partial charge in [-0.05, 0) is 55.5 Å². The number of aryl methyl sites for hydroxylation is 1. The molecule has 0 saturated carbocycles. The lowest BCUT2D eigenvalue weighted by Gasteiger charge is -2.15. The molecule has 2 N–H and O–H groups in total. The van der Waals surface area contributed by atoms with E-state index in [0.29, 0.717) is 22.4 Å². The average Bonchev–Trinajstić information content (AvgIpc) is 3.39. The maximum absolute atomic E-state index is 13.6. The van der Waals surface area contributed by atoms with Crippen molar-refractivity contribution in [1.82, 2.24) is 14.8 Å². The highest BCUT2D eigenvalue weighted by molar-refractivity contribution is 7.99. The summed E-state index contributed by atoms with van der Waals surface area (Å²) in [5, 5.41) is 15.4. The van der Waals surface area contributed by atoms with Gasteiger partial charge in [-0.2, -0.15) is 0 Å². The summed E-state index contributed by atoms with van der Waals surface area (Å²) in [6, 6.07) is 30.3. The van der Waals surface area contributed by atoms with Gasteiger partial charge in [-0.1, -0.05) is 83.5 Å². The van der Waals surface area contributed by atoms with E-state index in [4.69, 9.17) is 11.6 Å². The predicted molar refractivity (Wildman–Crippen MR) is 163 cm³/mol. The minimum atomic E-state index is -3.91. The van der Waals surface area contributed by atoms with Crippen LogP contribution < -0.4 is 10.6 Å². The Balaban J connectivity index is 1.40. The normalized spacial score (nSPS) is 11.3. The molecule has 0 aliphatic carbocycles. The van der Waals surface area contributed by atoms with E-state index in [1.165, 1.54) is 11.8 Å². The number of rotatable bonds is 10. The third-order valence-electron chi connectivity index (χ3n) is 6.11. The highest BCUT2D eigenvalue weighted by Gasteiger charge is 2.25. The van der Waals surface area contributed by atoms with Crippen molar-refractivity contribution in [2.75, 3.05) is 16.4 Å². The molecule has 1 heterocycles. The van der Waals surface area contributed by atoms with Crippen LogP contribution in [0.4, 0.5) is 11.4 Å². The van der Waals surface area contributed by atoms with E-state index < -0.39 is 9.84 Å². The summed E-state index contributed by atoms with van der Waals surface area (Å²) in [6.45, 7) is 2.04. The van der Waals surface area contributed by atoms with Crippen LogP contribution in [0.25, 0.3) is 5.69 Å². The molecule has 5 aromatic rings. The van der Waals surface area contributed by atoms with Crippen molar-refractivity contribution in [2.24, 2.45) is 0 Å². The number of carbonyl (C=O) groups excluding carboxylic acids is 1. The van der Waals surface area contributed by atoms with Gasteiger partial charge in [-0.3, -0.25) is 9.36 Å². The van der Waals surface area contributed by atoms with E-state index in [0.717, 1.165) is 11.3 Å². The molecule has 5 rings (SSSR count). The number of hydrogen-bond acceptors (Lipinski definition) is 7. The zero-order chi connectivity index (χ0) is 28.8. The molecular weight excluding hydrogens is 578 g/mol. The summed E-state index contributed by atoms with van der Waals surface area (Å²) in [6.07, 6.45) is 0. The van der Waals surface area contributed by atoms with E-state index >= 15 is 0 Å². The van der Waals surface area contributed by atoms with Crippen molar-refractivity contribution < 1.29 is 13.2 Å². The van der Waals surface area contributed by atoms with E-state index in [2.05, 4.69) is 20.8 Å². The molecule has 0 fully saturated rings. The number of halogens is 1. The fourth-order valence-corrected chi connectivity index (χ4v) is 6.86. The van der Waals surface area contributed by atoms with Crippen LogP contribution in [0.1, 0.15) is 11.4 Å². The maximum atomic E-state index is 13.6. The molecule has 0 aliphatic rings. The Morgan fingerprint density at radius 3 is 2.27 bits per heavy atom. The van der Waals surface area contributed by atoms with E-state index in [1.54, 1.807) is 42.5 Å². The number of nitrogens with one attached hydrogen (secondary N) is 2. The van der Waals surface area contributed by atoms with Crippen LogP contribution in [0.5, 0.6) is 0 Å². The molecule has 0 atom stereocenters. The van der Waals surface area contributed by atoms with Gasteiger partial charge >= 0.3 is 0 Å². The molecular formula is C30H26ClN5O3S2. The van der Waals surface area contributed by atoms with Gasteiger partial charge in [-0.25, -0.2) is 8.42 Å². The molecule has 0 saturated heterocycles. The summed E-state index contributed by atoms with van der Waals surface area (Å²) in [5.74, 6) is 0.481. The molecule has 4 aromatic carbocycles. The standard InChI is InChI=1S/C30H26ClN5O3S2/c1-21-15-17-24(18-16-21)41(38,39)29-25(31)13-8-14-26(29)32-19-27-34-35-30(36(27)23-11-6-3-7-12-23)40-20-28(37)33-22-9-4-2-5-10-22/h2-18,32H,19-20H2,1H3,(H,33,37). The van der Waals surface area contributed by atoms with Crippen LogP contribution in [-0.4, -0.2) is 34.8 Å². The number of para-hydroxylation sites is 2. The molecule has 11 heteroatoms. The van der Waals surface area contributed by atoms with Crippen molar-refractivity contribution in [2.45, 2.75) is 28.4 Å². The Labute approximate surface area is 247 Å². The second-order valence-electron chi connectivity index (χ2n) is 9.06. The minimum Gasteiger partial charge on any atom is -0.377 e. The first-order valence-electron chi connectivity index (χ1n) is 12.6. The molecule has 0 radical (unpaired) electrons. The van der Waals surface area contributed by atoms with Crippen LogP contribution in [-0.2, 0) is 21.2 Å². The van der Waals surface area contributed by atoms with Gasteiger partial charge in [0.25, 0.3) is 0 Å². The zero-order valence-electron chi connectivity index (χ0n) is 22.0. The summed E-state index contributed by atoms with van der Waals surface area (Å²) in [7, 11) is -3.91. The van der Waals surface area contributed by atoms with Gasteiger partial charge in [0.1, 0.15) is 4.90 Å². The molecule has 0 unspecified atom stereocenters. The molecule has 0 bridgehead atoms. The topological polar surface area (TPSA) is 106 Å². The molecule has 1 amide bonds. The van der Waals surface area contributed by atoms with Crippen molar-refractivity contribution in [3.05, 3.63) is 120 Å². The molecule has 1 aromatic heterocycles. The highest BCUT2D eigenvalue weighted by Crippen LogP contribution is 2.34. The Morgan fingerprint density at radius 2 is 1.56 bits per heavy atom. The van der Waals surface area contributed by atoms with E-state index in [-0.39, 0.29) is 33.0 Å². The number of carbonyl (C=O) groups is 1. The lowest BCUT2D eigenvalue weighted by molar-refractivity contribution is -0.113. The first-order valence-corrected chi connectivity index (χ1v) is 15.5. The predicted octanol–water partition coefficient (Wildman–Crippen LogP) is 6.40. The smallest absolute Gasteiger partial charge is 0.234 e. The largest absolute Gasteiger partial charge is 0.377 e. The lowest BCUT2D eigenvalue weighted by Crippen LogP contribution is -2.15. The van der Waals surface area contributed by atoms with E-state index in [1.807, 2.05) is 72.2 Å². The van der Waals surface area contributed by atoms with Crippen molar-refractivity contribution in [3.8, 4) is 5.69 Å². The van der Waals surface area contributed by atoms with Gasteiger partial charge in [0.2, 0.25) is 15.7 Å². The first kappa shape index (κ1) is 28.4. The van der Waals surface area contributed by atoms with Crippen LogP contribution >= 0.6 is 23.4 Å². The fourth-order valence-electron chi connectivity index (χ4n) is 4.12. The molecule has 0 aliphatic heterocycles. The number of aromatic nitrogens is 3. The van der Waals surface area contributed by atoms with Crippen molar-refractivity contribution in [3.63, 3.8) is 0 Å². The van der Waals surface area contributed by atoms with Gasteiger partial charge in [0.05, 0.1) is 27.9 Å². The third-order valence-corrected chi connectivity index (χ3v) is 9.33. The number of thioether (sulfide) groups is 1. The number of amides is 1. The third kappa shape index (κ3) is 6.62. The number of nitrogens with zero attached hydrogens (tertiary/aromatic N) is 3. The first-order chi connectivity index (χ1) is 19.8. The fraction of sp³-hybridized carbons (Fsp3) is 0.100. The lowest BCUT2D eigenvalue weighted by atomic mass is 10.2. The number of anilines is 2. The Bertz CT molecular complexity index is 1760. The van der Waals surface area contributed by atoms with Crippen molar-refractivity contribution in [1.29, 1.82) is 0 Å². The molecule has 8 nitrogen and oxygen atoms in total. The van der Waals surface area contributed by atoms with E-state index in [9.17, 15) is 13.2 Å². The van der Waals surface area contributed by atoms with Crippen LogP contribution in [0, 0.1) is 6.92 Å². The molecule has 208 valence electrons. The number of benzene rings is 4. The highest BCUT2D eigenvalue weighted by atomic mass is 35.5. The SMILES string of the molecule is Cc1ccc(S(=O)(=O)c2c(Cl)cccc2NCc2nnc(SCC(=O)Nc3ccccc3)n2-c2ccccc2)cc1. The number of sulfone groups is 1. The Kier molecular flexibility index (Phi) is 8.72. The quantitative estimate of drug-likeness (QED) is 0.178. The van der Waals surface area contributed by atoms with Gasteiger partial charge in [-0.15, -0.1) is 10.2 Å². The van der Waals surface area contributed by atoms with Gasteiger partial charge in [0.15, 0.2) is 11.0 Å². The summed E-state index contributed by atoms with van der Waals surface area (Å²) in [4.78, 5) is 12.7. The average molecular weight is 604 g/mol. The van der Waals surface area contributed by atoms with Crippen molar-refractivity contribution >= 4 is 50.5 Å². The van der Waals surface area contributed by atoms with Gasteiger partial charge < -0.3 is 10.6 Å². The summed E-state index contributed by atoms with van der Waals surface area (Å²) >= 11 is 7.70. The summed E-state index contributed by atoms with van der Waals surface area (Å²) in [5.41, 5.74) is 2.81. The monoisotopic (exact) mass is 603 g/mol. The zero-order valence-corrected chi connectivity index (χ0v) is 24.4.